The molecule has 94 valence electrons. The van der Waals surface area contributed by atoms with Crippen LogP contribution in [0.3, 0.4) is 0 Å². The van der Waals surface area contributed by atoms with Crippen molar-refractivity contribution in [2.75, 3.05) is 18.8 Å². The summed E-state index contributed by atoms with van der Waals surface area (Å²) in [7, 11) is 0. The van der Waals surface area contributed by atoms with Crippen LogP contribution in [0.4, 0.5) is 5.69 Å². The number of rotatable bonds is 5. The average molecular weight is 246 g/mol. The van der Waals surface area contributed by atoms with Crippen molar-refractivity contribution in [3.05, 3.63) is 29.8 Å². The molecule has 0 bridgehead atoms. The first-order valence-electron chi connectivity index (χ1n) is 5.41. The third-order valence-electron chi connectivity index (χ3n) is 2.15. The molecule has 0 atom stereocenters. The van der Waals surface area contributed by atoms with E-state index in [4.69, 9.17) is 11.0 Å². The summed E-state index contributed by atoms with van der Waals surface area (Å²) in [5.41, 5.74) is 6.60. The fraction of sp³-hybridized carbons (Fsp3) is 0.250. The minimum absolute atomic E-state index is 0.175. The molecule has 0 heterocycles. The highest BCUT2D eigenvalue weighted by Crippen LogP contribution is 2.04. The summed E-state index contributed by atoms with van der Waals surface area (Å²) in [5.74, 6) is -0.580. The standard InChI is InChI=1S/C12H14N4O2/c13-6-5-11(17)15-7-8-16-12(18)9-1-3-10(14)4-2-9/h1-4H,5,7-8,14H2,(H,15,17)(H,16,18). The Kier molecular flexibility index (Phi) is 5.19. The molecule has 4 N–H and O–H groups in total. The van der Waals surface area contributed by atoms with E-state index in [1.807, 2.05) is 0 Å². The largest absolute Gasteiger partial charge is 0.399 e. The van der Waals surface area contributed by atoms with Gasteiger partial charge in [0.25, 0.3) is 5.91 Å². The maximum Gasteiger partial charge on any atom is 0.251 e. The van der Waals surface area contributed by atoms with Crippen molar-refractivity contribution in [2.45, 2.75) is 6.42 Å². The van der Waals surface area contributed by atoms with Gasteiger partial charge in [-0.05, 0) is 24.3 Å². The molecule has 0 saturated heterocycles. The Morgan fingerprint density at radius 3 is 2.39 bits per heavy atom. The number of benzene rings is 1. The van der Waals surface area contributed by atoms with Crippen molar-refractivity contribution in [1.29, 1.82) is 5.26 Å². The van der Waals surface area contributed by atoms with Gasteiger partial charge in [-0.15, -0.1) is 0 Å². The van der Waals surface area contributed by atoms with E-state index < -0.39 is 0 Å². The topological polar surface area (TPSA) is 108 Å². The van der Waals surface area contributed by atoms with Gasteiger partial charge in [-0.2, -0.15) is 5.26 Å². The van der Waals surface area contributed by atoms with Crippen LogP contribution in [0.15, 0.2) is 24.3 Å². The van der Waals surface area contributed by atoms with Crippen molar-refractivity contribution in [3.63, 3.8) is 0 Å². The number of hydrogen-bond acceptors (Lipinski definition) is 4. The predicted octanol–water partition coefficient (Wildman–Crippen LogP) is 0.0285. The molecule has 1 aromatic carbocycles. The first kappa shape index (κ1) is 13.5. The van der Waals surface area contributed by atoms with E-state index in [0.717, 1.165) is 0 Å². The lowest BCUT2D eigenvalue weighted by Crippen LogP contribution is -2.34. The highest BCUT2D eigenvalue weighted by atomic mass is 16.2. The van der Waals surface area contributed by atoms with E-state index in [1.165, 1.54) is 0 Å². The minimum atomic E-state index is -0.348. The van der Waals surface area contributed by atoms with Crippen LogP contribution in [0.5, 0.6) is 0 Å². The maximum absolute atomic E-state index is 11.6. The molecular weight excluding hydrogens is 232 g/mol. The van der Waals surface area contributed by atoms with Gasteiger partial charge in [0.1, 0.15) is 6.42 Å². The molecular formula is C12H14N4O2. The third kappa shape index (κ3) is 4.53. The number of nitrogen functional groups attached to an aromatic ring is 1. The number of hydrogen-bond donors (Lipinski definition) is 3. The van der Waals surface area contributed by atoms with Crippen LogP contribution in [0, 0.1) is 11.3 Å². The van der Waals surface area contributed by atoms with Gasteiger partial charge in [-0.3, -0.25) is 9.59 Å². The molecule has 6 nitrogen and oxygen atoms in total. The lowest BCUT2D eigenvalue weighted by molar-refractivity contribution is -0.120. The van der Waals surface area contributed by atoms with Crippen LogP contribution in [0.1, 0.15) is 16.8 Å². The van der Waals surface area contributed by atoms with Crippen molar-refractivity contribution in [1.82, 2.24) is 10.6 Å². The molecule has 0 fully saturated rings. The van der Waals surface area contributed by atoms with E-state index >= 15 is 0 Å². The number of anilines is 1. The highest BCUT2D eigenvalue weighted by Gasteiger charge is 2.04. The van der Waals surface area contributed by atoms with Crippen LogP contribution >= 0.6 is 0 Å². The van der Waals surface area contributed by atoms with Gasteiger partial charge in [0.2, 0.25) is 5.91 Å². The first-order valence-corrected chi connectivity index (χ1v) is 5.41. The number of nitrogens with two attached hydrogens (primary N) is 1. The highest BCUT2D eigenvalue weighted by molar-refractivity contribution is 5.94. The maximum atomic E-state index is 11.6. The lowest BCUT2D eigenvalue weighted by atomic mass is 10.2. The third-order valence-corrected chi connectivity index (χ3v) is 2.15. The van der Waals surface area contributed by atoms with E-state index in [9.17, 15) is 9.59 Å². The van der Waals surface area contributed by atoms with Gasteiger partial charge in [-0.1, -0.05) is 0 Å². The van der Waals surface area contributed by atoms with Crippen LogP contribution in [0.25, 0.3) is 0 Å². The van der Waals surface area contributed by atoms with Crippen LogP contribution < -0.4 is 16.4 Å². The summed E-state index contributed by atoms with van der Waals surface area (Å²) in [6.07, 6.45) is -0.175. The normalized spacial score (nSPS) is 9.28. The zero-order valence-corrected chi connectivity index (χ0v) is 9.77. The molecule has 1 rings (SSSR count). The summed E-state index contributed by atoms with van der Waals surface area (Å²) < 4.78 is 0. The van der Waals surface area contributed by atoms with Crippen LogP contribution in [-0.2, 0) is 4.79 Å². The van der Waals surface area contributed by atoms with Gasteiger partial charge < -0.3 is 16.4 Å². The molecule has 0 radical (unpaired) electrons. The molecule has 0 spiro atoms. The summed E-state index contributed by atoms with van der Waals surface area (Å²) >= 11 is 0. The molecule has 0 aliphatic rings. The van der Waals surface area contributed by atoms with Gasteiger partial charge in [0.15, 0.2) is 0 Å². The molecule has 2 amide bonds. The van der Waals surface area contributed by atoms with Crippen molar-refractivity contribution in [3.8, 4) is 6.07 Å². The molecule has 6 heteroatoms. The Balaban J connectivity index is 2.28. The lowest BCUT2D eigenvalue weighted by Gasteiger charge is -2.06. The Morgan fingerprint density at radius 2 is 1.78 bits per heavy atom. The van der Waals surface area contributed by atoms with E-state index in [-0.39, 0.29) is 18.2 Å². The fourth-order valence-corrected chi connectivity index (χ4v) is 1.25. The molecule has 0 aliphatic heterocycles. The summed E-state index contributed by atoms with van der Waals surface area (Å²) in [5, 5.41) is 13.4. The molecule has 0 unspecified atom stereocenters. The van der Waals surface area contributed by atoms with Gasteiger partial charge >= 0.3 is 0 Å². The molecule has 0 aromatic heterocycles. The van der Waals surface area contributed by atoms with Crippen molar-refractivity contribution in [2.24, 2.45) is 0 Å². The van der Waals surface area contributed by atoms with Crippen LogP contribution in [-0.4, -0.2) is 24.9 Å². The Labute approximate surface area is 105 Å². The fourth-order valence-electron chi connectivity index (χ4n) is 1.25. The van der Waals surface area contributed by atoms with E-state index in [1.54, 1.807) is 30.3 Å². The number of nitrogens with zero attached hydrogens (tertiary/aromatic N) is 1. The number of nitrogens with one attached hydrogen (secondary N) is 2. The Hall–Kier alpha value is -2.55. The molecule has 1 aromatic rings. The number of carbonyl (C=O) groups is 2. The second kappa shape index (κ2) is 6.91. The van der Waals surface area contributed by atoms with Gasteiger partial charge in [0.05, 0.1) is 6.07 Å². The zero-order chi connectivity index (χ0) is 13.4. The van der Waals surface area contributed by atoms with E-state index in [2.05, 4.69) is 10.6 Å². The van der Waals surface area contributed by atoms with Crippen molar-refractivity contribution < 1.29 is 9.59 Å². The second-order valence-corrected chi connectivity index (χ2v) is 3.56. The summed E-state index contributed by atoms with van der Waals surface area (Å²) in [6.45, 7) is 0.599. The molecule has 0 saturated carbocycles. The minimum Gasteiger partial charge on any atom is -0.399 e. The smallest absolute Gasteiger partial charge is 0.251 e. The number of amides is 2. The summed E-state index contributed by atoms with van der Waals surface area (Å²) in [4.78, 5) is 22.5. The monoisotopic (exact) mass is 246 g/mol. The first-order chi connectivity index (χ1) is 8.63. The second-order valence-electron chi connectivity index (χ2n) is 3.56. The van der Waals surface area contributed by atoms with Crippen molar-refractivity contribution >= 4 is 17.5 Å². The number of carbonyl (C=O) groups excluding carboxylic acids is 2. The van der Waals surface area contributed by atoms with Crippen LogP contribution in [0.2, 0.25) is 0 Å². The predicted molar refractivity (Wildman–Crippen MR) is 66.4 cm³/mol. The Morgan fingerprint density at radius 1 is 1.17 bits per heavy atom. The molecule has 18 heavy (non-hydrogen) atoms. The summed E-state index contributed by atoms with van der Waals surface area (Å²) in [6, 6.07) is 8.27. The SMILES string of the molecule is N#CCC(=O)NCCNC(=O)c1ccc(N)cc1. The zero-order valence-electron chi connectivity index (χ0n) is 9.77. The quantitative estimate of drug-likeness (QED) is 0.503. The average Bonchev–Trinajstić information content (AvgIpc) is 2.35. The number of nitriles is 1. The molecule has 0 aliphatic carbocycles. The Bertz CT molecular complexity index is 462. The van der Waals surface area contributed by atoms with Gasteiger partial charge in [0, 0.05) is 24.3 Å². The van der Waals surface area contributed by atoms with E-state index in [0.29, 0.717) is 24.3 Å². The van der Waals surface area contributed by atoms with Gasteiger partial charge in [-0.25, -0.2) is 0 Å².